The Morgan fingerprint density at radius 2 is 1.85 bits per heavy atom. The molecule has 0 aromatic heterocycles. The molecule has 1 rings (SSSR count). The predicted molar refractivity (Wildman–Crippen MR) is 43.0 cm³/mol. The van der Waals surface area contributed by atoms with Crippen LogP contribution in [-0.4, -0.2) is 40.6 Å². The van der Waals surface area contributed by atoms with Gasteiger partial charge in [-0.2, -0.15) is 0 Å². The molecule has 74 valence electrons. The summed E-state index contributed by atoms with van der Waals surface area (Å²) in [6.45, 7) is 1.78. The Bertz CT molecular complexity index is 234. The minimum absolute atomic E-state index is 0.109. The molecule has 1 aliphatic rings. The molecule has 5 heteroatoms. The van der Waals surface area contributed by atoms with Gasteiger partial charge in [0.25, 0.3) is 0 Å². The molecular formula is C8H12FNO3. The second-order valence-corrected chi connectivity index (χ2v) is 3.28. The molecule has 0 spiro atoms. The van der Waals surface area contributed by atoms with Gasteiger partial charge < -0.3 is 10.0 Å². The van der Waals surface area contributed by atoms with Gasteiger partial charge in [0.2, 0.25) is 11.6 Å². The number of likely N-dealkylation sites (tertiary alicyclic amines) is 1. The highest BCUT2D eigenvalue weighted by atomic mass is 19.1. The largest absolute Gasteiger partial charge is 0.479 e. The normalized spacial score (nSPS) is 21.2. The summed E-state index contributed by atoms with van der Waals surface area (Å²) in [5, 5.41) is 8.54. The van der Waals surface area contributed by atoms with Crippen LogP contribution in [0.25, 0.3) is 0 Å². The first-order valence-corrected chi connectivity index (χ1v) is 4.13. The molecule has 0 aromatic carbocycles. The van der Waals surface area contributed by atoms with Gasteiger partial charge >= 0.3 is 5.97 Å². The predicted octanol–water partition coefficient (Wildman–Crippen LogP) is 0.422. The van der Waals surface area contributed by atoms with Crippen LogP contribution in [0.15, 0.2) is 0 Å². The lowest BCUT2D eigenvalue weighted by Crippen LogP contribution is -2.47. The number of alkyl halides is 1. The first kappa shape index (κ1) is 9.95. The summed E-state index contributed by atoms with van der Waals surface area (Å²) in [4.78, 5) is 22.8. The molecule has 1 aliphatic heterocycles. The van der Waals surface area contributed by atoms with E-state index >= 15 is 0 Å². The highest BCUT2D eigenvalue weighted by Gasteiger charge is 2.42. The lowest BCUT2D eigenvalue weighted by molar-refractivity contribution is -0.156. The average molecular weight is 189 g/mol. The Balaban J connectivity index is 2.56. The minimum atomic E-state index is -2.13. The number of carboxylic acid groups (broad SMARTS) is 1. The molecule has 1 N–H and O–H groups in total. The summed E-state index contributed by atoms with van der Waals surface area (Å²) in [5.74, 6) is -1.55. The van der Waals surface area contributed by atoms with Crippen LogP contribution in [0.5, 0.6) is 0 Å². The van der Waals surface area contributed by atoms with E-state index in [2.05, 4.69) is 0 Å². The third-order valence-electron chi connectivity index (χ3n) is 2.38. The van der Waals surface area contributed by atoms with Crippen molar-refractivity contribution in [2.45, 2.75) is 25.4 Å². The Hall–Kier alpha value is -1.13. The van der Waals surface area contributed by atoms with Crippen LogP contribution < -0.4 is 0 Å². The lowest BCUT2D eigenvalue weighted by Gasteiger charge is -2.33. The molecular weight excluding hydrogens is 177 g/mol. The molecule has 0 bridgehead atoms. The fourth-order valence-corrected chi connectivity index (χ4v) is 1.39. The van der Waals surface area contributed by atoms with Crippen molar-refractivity contribution >= 4 is 11.9 Å². The molecule has 1 fully saturated rings. The van der Waals surface area contributed by atoms with E-state index in [9.17, 15) is 14.0 Å². The summed E-state index contributed by atoms with van der Waals surface area (Å²) in [6, 6.07) is 0. The topological polar surface area (TPSA) is 57.6 Å². The van der Waals surface area contributed by atoms with Crippen molar-refractivity contribution in [3.63, 3.8) is 0 Å². The Morgan fingerprint density at radius 1 is 1.38 bits per heavy atom. The number of nitrogens with zero attached hydrogens (tertiary/aromatic N) is 1. The van der Waals surface area contributed by atoms with Crippen LogP contribution in [0.2, 0.25) is 0 Å². The van der Waals surface area contributed by atoms with Gasteiger partial charge in [-0.1, -0.05) is 0 Å². The zero-order chi connectivity index (χ0) is 10.1. The quantitative estimate of drug-likeness (QED) is 0.650. The number of carboxylic acids is 1. The summed E-state index contributed by atoms with van der Waals surface area (Å²) in [6.07, 6.45) is -0.218. The van der Waals surface area contributed by atoms with Gasteiger partial charge in [0.05, 0.1) is 0 Å². The highest BCUT2D eigenvalue weighted by Crippen LogP contribution is 2.26. The summed E-state index contributed by atoms with van der Waals surface area (Å²) in [5.41, 5.74) is -2.13. The zero-order valence-corrected chi connectivity index (χ0v) is 7.42. The molecule has 1 saturated heterocycles. The van der Waals surface area contributed by atoms with Gasteiger partial charge in [-0.05, 0) is 0 Å². The van der Waals surface area contributed by atoms with E-state index < -0.39 is 11.6 Å². The lowest BCUT2D eigenvalue weighted by atomic mass is 9.93. The van der Waals surface area contributed by atoms with Crippen molar-refractivity contribution in [3.8, 4) is 0 Å². The van der Waals surface area contributed by atoms with Crippen molar-refractivity contribution in [1.29, 1.82) is 0 Å². The van der Waals surface area contributed by atoms with Gasteiger partial charge in [0.1, 0.15) is 0 Å². The third-order valence-corrected chi connectivity index (χ3v) is 2.38. The number of rotatable bonds is 1. The number of hydrogen-bond donors (Lipinski definition) is 1. The smallest absolute Gasteiger partial charge is 0.341 e. The molecule has 0 unspecified atom stereocenters. The second-order valence-electron chi connectivity index (χ2n) is 3.28. The van der Waals surface area contributed by atoms with E-state index in [1.54, 1.807) is 0 Å². The van der Waals surface area contributed by atoms with Crippen LogP contribution >= 0.6 is 0 Å². The van der Waals surface area contributed by atoms with E-state index in [0.717, 1.165) is 0 Å². The van der Waals surface area contributed by atoms with Crippen molar-refractivity contribution in [2.24, 2.45) is 0 Å². The average Bonchev–Trinajstić information content (AvgIpc) is 2.04. The molecule has 1 heterocycles. The number of halogens is 1. The molecule has 0 aromatic rings. The van der Waals surface area contributed by atoms with Crippen LogP contribution in [0, 0.1) is 0 Å². The van der Waals surface area contributed by atoms with Crippen LogP contribution in [0.1, 0.15) is 19.8 Å². The first-order chi connectivity index (χ1) is 5.96. The summed E-state index contributed by atoms with van der Waals surface area (Å²) < 4.78 is 13.4. The standard InChI is InChI=1S/C8H12FNO3/c1-6(11)10-4-2-8(9,3-5-10)7(12)13/h2-5H2,1H3,(H,12,13). The summed E-state index contributed by atoms with van der Waals surface area (Å²) in [7, 11) is 0. The Morgan fingerprint density at radius 3 is 2.15 bits per heavy atom. The SMILES string of the molecule is CC(=O)N1CCC(F)(C(=O)O)CC1. The molecule has 0 aliphatic carbocycles. The van der Waals surface area contributed by atoms with Gasteiger partial charge in [-0.15, -0.1) is 0 Å². The van der Waals surface area contributed by atoms with Crippen molar-refractivity contribution in [1.82, 2.24) is 4.90 Å². The van der Waals surface area contributed by atoms with Gasteiger partial charge in [-0.3, -0.25) is 4.79 Å². The maximum Gasteiger partial charge on any atom is 0.341 e. The molecule has 0 radical (unpaired) electrons. The van der Waals surface area contributed by atoms with Gasteiger partial charge in [0.15, 0.2) is 0 Å². The van der Waals surface area contributed by atoms with Crippen LogP contribution in [0.3, 0.4) is 0 Å². The first-order valence-electron chi connectivity index (χ1n) is 4.13. The number of hydrogen-bond acceptors (Lipinski definition) is 2. The van der Waals surface area contributed by atoms with E-state index in [1.807, 2.05) is 0 Å². The van der Waals surface area contributed by atoms with Crippen molar-refractivity contribution in [2.75, 3.05) is 13.1 Å². The Labute approximate surface area is 75.3 Å². The minimum Gasteiger partial charge on any atom is -0.479 e. The van der Waals surface area contributed by atoms with E-state index in [1.165, 1.54) is 11.8 Å². The fourth-order valence-electron chi connectivity index (χ4n) is 1.39. The van der Waals surface area contributed by atoms with Crippen LogP contribution in [0.4, 0.5) is 4.39 Å². The third kappa shape index (κ3) is 1.96. The molecule has 4 nitrogen and oxygen atoms in total. The number of carbonyl (C=O) groups excluding carboxylic acids is 1. The van der Waals surface area contributed by atoms with Crippen molar-refractivity contribution < 1.29 is 19.1 Å². The molecule has 0 saturated carbocycles. The van der Waals surface area contributed by atoms with Crippen LogP contribution in [-0.2, 0) is 9.59 Å². The maximum atomic E-state index is 13.4. The maximum absolute atomic E-state index is 13.4. The number of aliphatic carboxylic acids is 1. The molecule has 1 amide bonds. The number of carbonyl (C=O) groups is 2. The second kappa shape index (κ2) is 3.32. The van der Waals surface area contributed by atoms with E-state index in [4.69, 9.17) is 5.11 Å². The number of amides is 1. The fraction of sp³-hybridized carbons (Fsp3) is 0.750. The molecule has 13 heavy (non-hydrogen) atoms. The Kier molecular flexibility index (Phi) is 2.54. The van der Waals surface area contributed by atoms with E-state index in [-0.39, 0.29) is 31.8 Å². The van der Waals surface area contributed by atoms with Gasteiger partial charge in [0, 0.05) is 32.9 Å². The monoisotopic (exact) mass is 189 g/mol. The molecule has 0 atom stereocenters. The summed E-state index contributed by atoms with van der Waals surface area (Å²) >= 11 is 0. The highest BCUT2D eigenvalue weighted by molar-refractivity contribution is 5.78. The van der Waals surface area contributed by atoms with Crippen molar-refractivity contribution in [3.05, 3.63) is 0 Å². The number of piperidine rings is 1. The van der Waals surface area contributed by atoms with Gasteiger partial charge in [-0.25, -0.2) is 9.18 Å². The van der Waals surface area contributed by atoms with E-state index in [0.29, 0.717) is 0 Å². The zero-order valence-electron chi connectivity index (χ0n) is 7.42.